The molecule has 1 N–H and O–H groups in total. The molecule has 1 aliphatic rings. The monoisotopic (exact) mass is 290 g/mol. The summed E-state index contributed by atoms with van der Waals surface area (Å²) in [5.74, 6) is 0.743. The molecule has 15 heavy (non-hydrogen) atoms. The normalized spacial score (nSPS) is 21.9. The van der Waals surface area contributed by atoms with Gasteiger partial charge in [-0.3, -0.25) is 0 Å². The van der Waals surface area contributed by atoms with E-state index in [1.54, 1.807) is 6.20 Å². The van der Waals surface area contributed by atoms with E-state index < -0.39 is 0 Å². The lowest BCUT2D eigenvalue weighted by Crippen LogP contribution is -2.51. The number of hydrogen-bond acceptors (Lipinski definition) is 3. The Bertz CT molecular complexity index is 357. The lowest BCUT2D eigenvalue weighted by molar-refractivity contribution is 0.133. The molecule has 2 atom stereocenters. The van der Waals surface area contributed by atoms with Gasteiger partial charge in [0.05, 0.1) is 10.7 Å². The fourth-order valence-electron chi connectivity index (χ4n) is 1.48. The van der Waals surface area contributed by atoms with Crippen molar-refractivity contribution in [2.45, 2.75) is 25.5 Å². The van der Waals surface area contributed by atoms with Crippen LogP contribution in [0.15, 0.2) is 16.7 Å². The molecule has 2 rings (SSSR count). The molecule has 1 fully saturated rings. The summed E-state index contributed by atoms with van der Waals surface area (Å²) in [4.78, 5) is 4.01. The first-order valence-corrected chi connectivity index (χ1v) is 6.05. The highest BCUT2D eigenvalue weighted by Gasteiger charge is 2.24. The van der Waals surface area contributed by atoms with Gasteiger partial charge in [-0.15, -0.1) is 0 Å². The van der Waals surface area contributed by atoms with Gasteiger partial charge in [0.2, 0.25) is 0 Å². The van der Waals surface area contributed by atoms with Crippen LogP contribution in [-0.2, 0) is 0 Å². The van der Waals surface area contributed by atoms with E-state index in [0.717, 1.165) is 16.8 Å². The molecule has 1 aromatic rings. The molecular weight excluding hydrogens is 279 g/mol. The molecule has 0 saturated carbocycles. The Balaban J connectivity index is 2.00. The summed E-state index contributed by atoms with van der Waals surface area (Å²) in [5.41, 5.74) is 0. The first-order chi connectivity index (χ1) is 7.16. The Labute approximate surface area is 102 Å². The predicted octanol–water partition coefficient (Wildman–Crippen LogP) is 2.63. The van der Waals surface area contributed by atoms with Gasteiger partial charge >= 0.3 is 0 Å². The molecule has 82 valence electrons. The van der Waals surface area contributed by atoms with Crippen molar-refractivity contribution in [2.24, 2.45) is 0 Å². The van der Waals surface area contributed by atoms with E-state index >= 15 is 0 Å². The van der Waals surface area contributed by atoms with Gasteiger partial charge in [-0.05, 0) is 41.9 Å². The van der Waals surface area contributed by atoms with Crippen LogP contribution in [0, 0.1) is 0 Å². The number of halogens is 2. The van der Waals surface area contributed by atoms with E-state index in [2.05, 4.69) is 33.2 Å². The minimum absolute atomic E-state index is 0.161. The number of nitrogens with one attached hydrogen (secondary N) is 1. The van der Waals surface area contributed by atoms with Crippen LogP contribution in [0.25, 0.3) is 0 Å². The van der Waals surface area contributed by atoms with E-state index in [1.807, 2.05) is 6.07 Å². The molecule has 0 bridgehead atoms. The van der Waals surface area contributed by atoms with Crippen molar-refractivity contribution in [3.63, 3.8) is 0 Å². The predicted molar refractivity (Wildman–Crippen MR) is 63.4 cm³/mol. The van der Waals surface area contributed by atoms with Gasteiger partial charge in [0.15, 0.2) is 0 Å². The van der Waals surface area contributed by atoms with Gasteiger partial charge in [0, 0.05) is 6.04 Å². The van der Waals surface area contributed by atoms with Crippen molar-refractivity contribution in [3.8, 4) is 5.75 Å². The van der Waals surface area contributed by atoms with Crippen molar-refractivity contribution >= 4 is 27.5 Å². The second-order valence-corrected chi connectivity index (χ2v) is 4.83. The molecule has 0 amide bonds. The summed E-state index contributed by atoms with van der Waals surface area (Å²) in [6, 6.07) is 2.30. The van der Waals surface area contributed by atoms with Crippen molar-refractivity contribution in [1.29, 1.82) is 0 Å². The third-order valence-corrected chi connectivity index (χ3v) is 3.66. The highest BCUT2D eigenvalue weighted by atomic mass is 79.9. The molecule has 0 spiro atoms. The molecule has 2 heterocycles. The molecular formula is C10H12BrClN2O. The summed E-state index contributed by atoms with van der Waals surface area (Å²) in [5, 5.41) is 3.76. The summed E-state index contributed by atoms with van der Waals surface area (Å²) >= 11 is 9.11. The van der Waals surface area contributed by atoms with Crippen molar-refractivity contribution in [3.05, 3.63) is 21.9 Å². The number of aromatic nitrogens is 1. The standard InChI is InChI=1S/C10H12BrClN2O/c1-6(9-2-3-13-9)15-7-4-8(11)10(12)14-5-7/h4-6,9,13H,2-3H2,1H3/t6?,9-/m0/s1. The fourth-order valence-corrected chi connectivity index (χ4v) is 1.91. The van der Waals surface area contributed by atoms with Gasteiger partial charge in [-0.25, -0.2) is 4.98 Å². The van der Waals surface area contributed by atoms with Crippen LogP contribution in [0.5, 0.6) is 5.75 Å². The van der Waals surface area contributed by atoms with Crippen LogP contribution in [0.3, 0.4) is 0 Å². The van der Waals surface area contributed by atoms with Gasteiger partial charge in [-0.2, -0.15) is 0 Å². The van der Waals surface area contributed by atoms with Gasteiger partial charge < -0.3 is 10.1 Å². The minimum Gasteiger partial charge on any atom is -0.487 e. The number of ether oxygens (including phenoxy) is 1. The Hall–Kier alpha value is -0.320. The molecule has 1 aliphatic heterocycles. The SMILES string of the molecule is CC(Oc1cnc(Cl)c(Br)c1)[C@@H]1CCN1. The number of pyridine rings is 1. The van der Waals surface area contributed by atoms with Crippen molar-refractivity contribution < 1.29 is 4.74 Å². The lowest BCUT2D eigenvalue weighted by Gasteiger charge is -2.33. The Morgan fingerprint density at radius 1 is 1.73 bits per heavy atom. The zero-order valence-corrected chi connectivity index (χ0v) is 10.7. The van der Waals surface area contributed by atoms with Crippen LogP contribution in [-0.4, -0.2) is 23.7 Å². The Kier molecular flexibility index (Phi) is 3.49. The van der Waals surface area contributed by atoms with Crippen LogP contribution >= 0.6 is 27.5 Å². The van der Waals surface area contributed by atoms with Crippen molar-refractivity contribution in [1.82, 2.24) is 10.3 Å². The quantitative estimate of drug-likeness (QED) is 0.869. The topological polar surface area (TPSA) is 34.1 Å². The van der Waals surface area contributed by atoms with Gasteiger partial charge in [0.25, 0.3) is 0 Å². The zero-order chi connectivity index (χ0) is 10.8. The van der Waals surface area contributed by atoms with Crippen LogP contribution in [0.4, 0.5) is 0 Å². The van der Waals surface area contributed by atoms with Gasteiger partial charge in [0.1, 0.15) is 17.0 Å². The van der Waals surface area contributed by atoms with Crippen LogP contribution < -0.4 is 10.1 Å². The minimum atomic E-state index is 0.161. The third kappa shape index (κ3) is 2.62. The molecule has 0 aromatic carbocycles. The van der Waals surface area contributed by atoms with Gasteiger partial charge in [-0.1, -0.05) is 11.6 Å². The second kappa shape index (κ2) is 4.68. The summed E-state index contributed by atoms with van der Waals surface area (Å²) in [7, 11) is 0. The van der Waals surface area contributed by atoms with Crippen LogP contribution in [0.2, 0.25) is 5.15 Å². The number of nitrogens with zero attached hydrogens (tertiary/aromatic N) is 1. The number of hydrogen-bond donors (Lipinski definition) is 1. The van der Waals surface area contributed by atoms with E-state index in [9.17, 15) is 0 Å². The highest BCUT2D eigenvalue weighted by Crippen LogP contribution is 2.25. The molecule has 0 radical (unpaired) electrons. The highest BCUT2D eigenvalue weighted by molar-refractivity contribution is 9.10. The average molecular weight is 292 g/mol. The smallest absolute Gasteiger partial charge is 0.143 e. The molecule has 5 heteroatoms. The maximum atomic E-state index is 5.79. The fraction of sp³-hybridized carbons (Fsp3) is 0.500. The maximum Gasteiger partial charge on any atom is 0.143 e. The second-order valence-electron chi connectivity index (χ2n) is 3.62. The van der Waals surface area contributed by atoms with Crippen molar-refractivity contribution in [2.75, 3.05) is 6.54 Å². The summed E-state index contributed by atoms with van der Waals surface area (Å²) < 4.78 is 6.50. The summed E-state index contributed by atoms with van der Waals surface area (Å²) in [6.45, 7) is 3.14. The Morgan fingerprint density at radius 2 is 2.47 bits per heavy atom. The maximum absolute atomic E-state index is 5.79. The number of rotatable bonds is 3. The third-order valence-electron chi connectivity index (χ3n) is 2.52. The first kappa shape index (κ1) is 11.2. The molecule has 0 aliphatic carbocycles. The summed E-state index contributed by atoms with van der Waals surface area (Å²) in [6.07, 6.45) is 2.97. The molecule has 1 aromatic heterocycles. The lowest BCUT2D eigenvalue weighted by atomic mass is 10.0. The van der Waals surface area contributed by atoms with E-state index in [4.69, 9.17) is 16.3 Å². The largest absolute Gasteiger partial charge is 0.487 e. The average Bonchev–Trinajstić information content (AvgIpc) is 2.08. The van der Waals surface area contributed by atoms with Crippen LogP contribution in [0.1, 0.15) is 13.3 Å². The molecule has 1 saturated heterocycles. The molecule has 3 nitrogen and oxygen atoms in total. The molecule has 1 unspecified atom stereocenters. The first-order valence-electron chi connectivity index (χ1n) is 4.88. The van der Waals surface area contributed by atoms with E-state index in [1.165, 1.54) is 6.42 Å². The Morgan fingerprint density at radius 3 is 3.00 bits per heavy atom. The van der Waals surface area contributed by atoms with E-state index in [0.29, 0.717) is 11.2 Å². The zero-order valence-electron chi connectivity index (χ0n) is 8.34. The van der Waals surface area contributed by atoms with E-state index in [-0.39, 0.29) is 6.10 Å².